The molecule has 1 saturated heterocycles. The van der Waals surface area contributed by atoms with Crippen LogP contribution in [0.15, 0.2) is 60.0 Å². The zero-order valence-electron chi connectivity index (χ0n) is 23.7. The van der Waals surface area contributed by atoms with Crippen LogP contribution in [0.25, 0.3) is 0 Å². The third-order valence-corrected chi connectivity index (χ3v) is 8.94. The van der Waals surface area contributed by atoms with E-state index in [1.54, 1.807) is 18.4 Å². The summed E-state index contributed by atoms with van der Waals surface area (Å²) in [7, 11) is 1.67. The molecule has 0 spiro atoms. The van der Waals surface area contributed by atoms with E-state index in [2.05, 4.69) is 35.4 Å². The summed E-state index contributed by atoms with van der Waals surface area (Å²) in [5.41, 5.74) is 3.11. The molecule has 1 aromatic heterocycles. The Labute approximate surface area is 241 Å². The highest BCUT2D eigenvalue weighted by atomic mass is 32.1. The predicted molar refractivity (Wildman–Crippen MR) is 158 cm³/mol. The van der Waals surface area contributed by atoms with Gasteiger partial charge in [0, 0.05) is 42.7 Å². The van der Waals surface area contributed by atoms with Gasteiger partial charge in [-0.25, -0.2) is 0 Å². The molecule has 40 heavy (non-hydrogen) atoms. The van der Waals surface area contributed by atoms with Crippen LogP contribution in [0.2, 0.25) is 0 Å². The second-order valence-corrected chi connectivity index (χ2v) is 11.6. The lowest BCUT2D eigenvalue weighted by atomic mass is 9.93. The molecule has 2 aromatic carbocycles. The van der Waals surface area contributed by atoms with Gasteiger partial charge < -0.3 is 19.3 Å². The summed E-state index contributed by atoms with van der Waals surface area (Å²) < 4.78 is 11.1. The van der Waals surface area contributed by atoms with Crippen LogP contribution in [0.4, 0.5) is 0 Å². The Hall–Kier alpha value is -3.36. The first kappa shape index (κ1) is 28.2. The van der Waals surface area contributed by atoms with E-state index in [-0.39, 0.29) is 23.9 Å². The maximum absolute atomic E-state index is 13.6. The van der Waals surface area contributed by atoms with Crippen molar-refractivity contribution in [3.05, 3.63) is 81.5 Å². The third-order valence-electron chi connectivity index (χ3n) is 7.94. The van der Waals surface area contributed by atoms with Gasteiger partial charge in [0.15, 0.2) is 0 Å². The highest BCUT2D eigenvalue weighted by molar-refractivity contribution is 7.10. The Balaban J connectivity index is 1.21. The number of hydrogen-bond acceptors (Lipinski definition) is 6. The zero-order valence-corrected chi connectivity index (χ0v) is 24.5. The summed E-state index contributed by atoms with van der Waals surface area (Å²) in [5.74, 6) is 1.73. The molecule has 2 atom stereocenters. The topological polar surface area (TPSA) is 62.3 Å². The van der Waals surface area contributed by atoms with E-state index in [1.165, 1.54) is 16.0 Å². The number of carbonyl (C=O) groups excluding carboxylic acids is 2. The molecule has 5 rings (SSSR count). The third kappa shape index (κ3) is 6.18. The maximum atomic E-state index is 13.6. The molecule has 0 aliphatic carbocycles. The van der Waals surface area contributed by atoms with Gasteiger partial charge >= 0.3 is 0 Å². The van der Waals surface area contributed by atoms with E-state index in [0.717, 1.165) is 37.3 Å². The first-order valence-electron chi connectivity index (χ1n) is 14.2. The van der Waals surface area contributed by atoms with Gasteiger partial charge in [-0.1, -0.05) is 25.5 Å². The molecule has 7 nitrogen and oxygen atoms in total. The number of carbonyl (C=O) groups is 2. The van der Waals surface area contributed by atoms with Crippen LogP contribution in [0, 0.1) is 0 Å². The minimum Gasteiger partial charge on any atom is -0.497 e. The van der Waals surface area contributed by atoms with Crippen molar-refractivity contribution in [2.75, 3.05) is 46.4 Å². The van der Waals surface area contributed by atoms with Crippen molar-refractivity contribution in [2.45, 2.75) is 45.2 Å². The van der Waals surface area contributed by atoms with Gasteiger partial charge in [0.25, 0.3) is 5.91 Å². The van der Waals surface area contributed by atoms with Crippen molar-refractivity contribution in [1.29, 1.82) is 0 Å². The van der Waals surface area contributed by atoms with Gasteiger partial charge in [-0.15, -0.1) is 11.3 Å². The SMILES string of the molecule is CCCCOc1ccc(C(=O)N2CCN(C(=O)CN3CCc4sccc4[C@H]3c3ccc(OC)cc3)C[C@H]2C)cc1. The molecule has 3 aromatic rings. The predicted octanol–water partition coefficient (Wildman–Crippen LogP) is 5.26. The van der Waals surface area contributed by atoms with Crippen molar-refractivity contribution < 1.29 is 19.1 Å². The Kier molecular flexibility index (Phi) is 9.07. The minimum absolute atomic E-state index is 0.000273. The average Bonchev–Trinajstić information content (AvgIpc) is 3.46. The lowest BCUT2D eigenvalue weighted by molar-refractivity contribution is -0.135. The van der Waals surface area contributed by atoms with Gasteiger partial charge in [0.05, 0.1) is 26.3 Å². The largest absolute Gasteiger partial charge is 0.497 e. The minimum atomic E-state index is -0.0621. The molecule has 0 saturated carbocycles. The molecule has 2 amide bonds. The van der Waals surface area contributed by atoms with Gasteiger partial charge in [-0.2, -0.15) is 0 Å². The number of hydrogen-bond donors (Lipinski definition) is 0. The molecule has 0 bridgehead atoms. The van der Waals surface area contributed by atoms with Crippen LogP contribution < -0.4 is 9.47 Å². The lowest BCUT2D eigenvalue weighted by Gasteiger charge is -2.42. The highest BCUT2D eigenvalue weighted by Gasteiger charge is 2.34. The number of fused-ring (bicyclic) bond motifs is 1. The number of piperazine rings is 1. The van der Waals surface area contributed by atoms with E-state index >= 15 is 0 Å². The summed E-state index contributed by atoms with van der Waals surface area (Å²) in [5, 5.41) is 2.15. The Morgan fingerprint density at radius 3 is 2.42 bits per heavy atom. The normalized spacial score (nSPS) is 19.3. The number of unbranched alkanes of at least 4 members (excludes halogenated alkanes) is 1. The molecule has 0 unspecified atom stereocenters. The van der Waals surface area contributed by atoms with Gasteiger partial charge in [0.1, 0.15) is 11.5 Å². The molecule has 0 N–H and O–H groups in total. The number of methoxy groups -OCH3 is 1. The van der Waals surface area contributed by atoms with Crippen molar-refractivity contribution >= 4 is 23.2 Å². The van der Waals surface area contributed by atoms with Gasteiger partial charge in [-0.05, 0) is 78.7 Å². The smallest absolute Gasteiger partial charge is 0.254 e. The van der Waals surface area contributed by atoms with E-state index in [4.69, 9.17) is 9.47 Å². The fourth-order valence-electron chi connectivity index (χ4n) is 5.67. The van der Waals surface area contributed by atoms with Crippen molar-refractivity contribution in [2.24, 2.45) is 0 Å². The van der Waals surface area contributed by atoms with Crippen molar-refractivity contribution in [3.8, 4) is 11.5 Å². The van der Waals surface area contributed by atoms with Crippen LogP contribution in [0.5, 0.6) is 11.5 Å². The first-order valence-corrected chi connectivity index (χ1v) is 15.1. The van der Waals surface area contributed by atoms with Crippen LogP contribution in [-0.4, -0.2) is 79.0 Å². The molecule has 2 aliphatic rings. The van der Waals surface area contributed by atoms with Crippen molar-refractivity contribution in [3.63, 3.8) is 0 Å². The van der Waals surface area contributed by atoms with E-state index in [1.807, 2.05) is 53.1 Å². The van der Waals surface area contributed by atoms with Crippen LogP contribution >= 0.6 is 11.3 Å². The van der Waals surface area contributed by atoms with E-state index in [9.17, 15) is 9.59 Å². The van der Waals surface area contributed by atoms with Crippen LogP contribution in [-0.2, 0) is 11.2 Å². The lowest BCUT2D eigenvalue weighted by Crippen LogP contribution is -2.57. The fourth-order valence-corrected chi connectivity index (χ4v) is 6.57. The molecule has 8 heteroatoms. The summed E-state index contributed by atoms with van der Waals surface area (Å²) in [6.45, 7) is 7.63. The molecule has 212 valence electrons. The Bertz CT molecular complexity index is 1290. The summed E-state index contributed by atoms with van der Waals surface area (Å²) in [6, 6.07) is 17.8. The first-order chi connectivity index (χ1) is 19.5. The maximum Gasteiger partial charge on any atom is 0.254 e. The second-order valence-electron chi connectivity index (χ2n) is 10.6. The summed E-state index contributed by atoms with van der Waals surface area (Å²) >= 11 is 1.80. The zero-order chi connectivity index (χ0) is 28.1. The Morgan fingerprint density at radius 1 is 0.975 bits per heavy atom. The summed E-state index contributed by atoms with van der Waals surface area (Å²) in [6.07, 6.45) is 3.05. The van der Waals surface area contributed by atoms with Crippen LogP contribution in [0.1, 0.15) is 59.1 Å². The molecule has 3 heterocycles. The monoisotopic (exact) mass is 561 g/mol. The van der Waals surface area contributed by atoms with E-state index < -0.39 is 0 Å². The number of rotatable bonds is 9. The average molecular weight is 562 g/mol. The van der Waals surface area contributed by atoms with Gasteiger partial charge in [0.2, 0.25) is 5.91 Å². The number of ether oxygens (including phenoxy) is 2. The summed E-state index contributed by atoms with van der Waals surface area (Å²) in [4.78, 5) is 34.4. The second kappa shape index (κ2) is 12.9. The molecular formula is C32H39N3O4S. The number of nitrogens with zero attached hydrogens (tertiary/aromatic N) is 3. The van der Waals surface area contributed by atoms with Gasteiger partial charge in [-0.3, -0.25) is 14.5 Å². The Morgan fingerprint density at radius 2 is 1.73 bits per heavy atom. The van der Waals surface area contributed by atoms with Crippen molar-refractivity contribution in [1.82, 2.24) is 14.7 Å². The number of amides is 2. The number of thiophene rings is 1. The standard InChI is InChI=1S/C32H39N3O4S/c1-4-5-19-39-27-12-8-25(9-13-27)32(37)35-18-17-33(21-23(35)2)30(36)22-34-16-14-29-28(15-20-40-29)31(34)24-6-10-26(38-3)11-7-24/h6-13,15,20,23,31H,4-5,14,16-19,21-22H2,1-3H3/t23-,31-/m1/s1. The highest BCUT2D eigenvalue weighted by Crippen LogP contribution is 2.38. The van der Waals surface area contributed by atoms with E-state index in [0.29, 0.717) is 38.3 Å². The molecule has 2 aliphatic heterocycles. The molecule has 0 radical (unpaired) electrons. The molecular weight excluding hydrogens is 522 g/mol. The number of benzene rings is 2. The quantitative estimate of drug-likeness (QED) is 0.334. The molecule has 1 fully saturated rings. The fraction of sp³-hybridized carbons (Fsp3) is 0.438. The van der Waals surface area contributed by atoms with Crippen LogP contribution in [0.3, 0.4) is 0 Å².